The summed E-state index contributed by atoms with van der Waals surface area (Å²) < 4.78 is 0. The van der Waals surface area contributed by atoms with Crippen LogP contribution in [0.25, 0.3) is 0 Å². The van der Waals surface area contributed by atoms with Gasteiger partial charge in [-0.2, -0.15) is 0 Å². The largest absolute Gasteiger partial charge is 0.299 e. The van der Waals surface area contributed by atoms with E-state index < -0.39 is 0 Å². The monoisotopic (exact) mass is 187 g/mol. The van der Waals surface area contributed by atoms with Gasteiger partial charge in [0.15, 0.2) is 0 Å². The lowest BCUT2D eigenvalue weighted by Gasteiger charge is -2.37. The zero-order valence-corrected chi connectivity index (χ0v) is 8.39. The fourth-order valence-corrected chi connectivity index (χ4v) is 2.13. The highest BCUT2D eigenvalue weighted by Crippen LogP contribution is 2.33. The molecule has 2 aliphatic carbocycles. The highest BCUT2D eigenvalue weighted by atomic mass is 35.5. The van der Waals surface area contributed by atoms with Crippen molar-refractivity contribution in [2.24, 2.45) is 5.92 Å². The second-order valence-electron chi connectivity index (χ2n) is 4.21. The molecule has 0 amide bonds. The topological polar surface area (TPSA) is 3.24 Å². The van der Waals surface area contributed by atoms with Crippen molar-refractivity contribution in [3.63, 3.8) is 0 Å². The summed E-state index contributed by atoms with van der Waals surface area (Å²) in [6, 6.07) is 0.893. The summed E-state index contributed by atoms with van der Waals surface area (Å²) in [6.07, 6.45) is 7.21. The summed E-state index contributed by atoms with van der Waals surface area (Å²) in [6.45, 7) is 2.44. The molecule has 0 spiro atoms. The third kappa shape index (κ3) is 2.14. The molecular formula is C10H18ClN. The van der Waals surface area contributed by atoms with Gasteiger partial charge in [0.25, 0.3) is 0 Å². The number of nitrogens with zero attached hydrogens (tertiary/aromatic N) is 1. The standard InChI is InChI=1S/C10H18ClN/c11-6-7-12(8-9-4-5-9)10-2-1-3-10/h9-10H,1-8H2. The Kier molecular flexibility index (Phi) is 2.92. The van der Waals surface area contributed by atoms with Gasteiger partial charge in [0.1, 0.15) is 0 Å². The maximum Gasteiger partial charge on any atom is 0.0351 e. The van der Waals surface area contributed by atoms with Crippen LogP contribution in [0.4, 0.5) is 0 Å². The molecule has 2 fully saturated rings. The van der Waals surface area contributed by atoms with Crippen molar-refractivity contribution in [2.45, 2.75) is 38.1 Å². The highest BCUT2D eigenvalue weighted by Gasteiger charge is 2.30. The van der Waals surface area contributed by atoms with E-state index in [9.17, 15) is 0 Å². The van der Waals surface area contributed by atoms with Gasteiger partial charge in [-0.3, -0.25) is 4.90 Å². The number of rotatable bonds is 5. The lowest BCUT2D eigenvalue weighted by Crippen LogP contribution is -2.42. The first-order valence-electron chi connectivity index (χ1n) is 5.20. The first-order valence-corrected chi connectivity index (χ1v) is 5.73. The molecule has 12 heavy (non-hydrogen) atoms. The smallest absolute Gasteiger partial charge is 0.0351 e. The Balaban J connectivity index is 1.74. The van der Waals surface area contributed by atoms with Crippen molar-refractivity contribution < 1.29 is 0 Å². The van der Waals surface area contributed by atoms with E-state index in [-0.39, 0.29) is 0 Å². The van der Waals surface area contributed by atoms with Gasteiger partial charge in [0, 0.05) is 25.0 Å². The van der Waals surface area contributed by atoms with Crippen LogP contribution in [0.2, 0.25) is 0 Å². The number of alkyl halides is 1. The van der Waals surface area contributed by atoms with E-state index in [1.54, 1.807) is 0 Å². The Bertz CT molecular complexity index is 141. The quantitative estimate of drug-likeness (QED) is 0.598. The van der Waals surface area contributed by atoms with Crippen LogP contribution in [0.1, 0.15) is 32.1 Å². The molecular weight excluding hydrogens is 170 g/mol. The van der Waals surface area contributed by atoms with E-state index in [0.29, 0.717) is 0 Å². The molecule has 0 saturated heterocycles. The molecule has 0 radical (unpaired) electrons. The molecule has 2 rings (SSSR count). The van der Waals surface area contributed by atoms with Crippen LogP contribution in [0.15, 0.2) is 0 Å². The van der Waals surface area contributed by atoms with Gasteiger partial charge in [-0.05, 0) is 31.6 Å². The second kappa shape index (κ2) is 3.97. The van der Waals surface area contributed by atoms with Crippen molar-refractivity contribution >= 4 is 11.6 Å². The Morgan fingerprint density at radius 3 is 2.33 bits per heavy atom. The summed E-state index contributed by atoms with van der Waals surface area (Å²) in [4.78, 5) is 2.62. The third-order valence-electron chi connectivity index (χ3n) is 3.15. The summed E-state index contributed by atoms with van der Waals surface area (Å²) in [5, 5.41) is 0. The zero-order valence-electron chi connectivity index (χ0n) is 7.64. The normalized spacial score (nSPS) is 24.5. The Hall–Kier alpha value is 0.250. The van der Waals surface area contributed by atoms with Gasteiger partial charge in [0.2, 0.25) is 0 Å². The minimum atomic E-state index is 0.809. The first kappa shape index (κ1) is 8.83. The van der Waals surface area contributed by atoms with Crippen molar-refractivity contribution in [1.82, 2.24) is 4.90 Å². The van der Waals surface area contributed by atoms with Crippen molar-refractivity contribution in [1.29, 1.82) is 0 Å². The van der Waals surface area contributed by atoms with Crippen LogP contribution in [0.5, 0.6) is 0 Å². The minimum absolute atomic E-state index is 0.809. The van der Waals surface area contributed by atoms with E-state index in [2.05, 4.69) is 4.90 Å². The van der Waals surface area contributed by atoms with Gasteiger partial charge in [-0.15, -0.1) is 11.6 Å². The molecule has 0 N–H and O–H groups in total. The molecule has 70 valence electrons. The Morgan fingerprint density at radius 1 is 1.17 bits per heavy atom. The molecule has 0 unspecified atom stereocenters. The number of halogens is 1. The van der Waals surface area contributed by atoms with Gasteiger partial charge in [-0.25, -0.2) is 0 Å². The molecule has 0 aromatic heterocycles. The molecule has 0 heterocycles. The van der Waals surface area contributed by atoms with Crippen LogP contribution in [0.3, 0.4) is 0 Å². The molecule has 0 bridgehead atoms. The predicted molar refractivity (Wildman–Crippen MR) is 52.7 cm³/mol. The number of hydrogen-bond acceptors (Lipinski definition) is 1. The fourth-order valence-electron chi connectivity index (χ4n) is 1.92. The van der Waals surface area contributed by atoms with Crippen molar-refractivity contribution in [2.75, 3.05) is 19.0 Å². The predicted octanol–water partition coefficient (Wildman–Crippen LogP) is 2.49. The van der Waals surface area contributed by atoms with E-state index >= 15 is 0 Å². The van der Waals surface area contributed by atoms with Crippen LogP contribution < -0.4 is 0 Å². The summed E-state index contributed by atoms with van der Waals surface area (Å²) in [5.41, 5.74) is 0. The first-order chi connectivity index (χ1) is 5.90. The van der Waals surface area contributed by atoms with E-state index in [1.807, 2.05) is 0 Å². The molecule has 2 aliphatic rings. The van der Waals surface area contributed by atoms with Crippen molar-refractivity contribution in [3.8, 4) is 0 Å². The van der Waals surface area contributed by atoms with Gasteiger partial charge in [0.05, 0.1) is 0 Å². The van der Waals surface area contributed by atoms with E-state index in [4.69, 9.17) is 11.6 Å². The Morgan fingerprint density at radius 2 is 1.92 bits per heavy atom. The average molecular weight is 188 g/mol. The fraction of sp³-hybridized carbons (Fsp3) is 1.00. The molecule has 0 aromatic rings. The van der Waals surface area contributed by atoms with E-state index in [0.717, 1.165) is 24.4 Å². The molecule has 0 aliphatic heterocycles. The lowest BCUT2D eigenvalue weighted by molar-refractivity contribution is 0.129. The summed E-state index contributed by atoms with van der Waals surface area (Å²) >= 11 is 5.78. The average Bonchev–Trinajstić information content (AvgIpc) is 2.68. The second-order valence-corrected chi connectivity index (χ2v) is 4.59. The van der Waals surface area contributed by atoms with E-state index in [1.165, 1.54) is 38.6 Å². The van der Waals surface area contributed by atoms with Gasteiger partial charge >= 0.3 is 0 Å². The maximum atomic E-state index is 5.78. The summed E-state index contributed by atoms with van der Waals surface area (Å²) in [5.74, 6) is 1.83. The molecule has 1 nitrogen and oxygen atoms in total. The minimum Gasteiger partial charge on any atom is -0.299 e. The Labute approximate surface area is 80.1 Å². The summed E-state index contributed by atoms with van der Waals surface area (Å²) in [7, 11) is 0. The van der Waals surface area contributed by atoms with Crippen LogP contribution in [-0.2, 0) is 0 Å². The maximum absolute atomic E-state index is 5.78. The number of hydrogen-bond donors (Lipinski definition) is 0. The highest BCUT2D eigenvalue weighted by molar-refractivity contribution is 6.18. The zero-order chi connectivity index (χ0) is 8.39. The SMILES string of the molecule is ClCCN(CC1CC1)C1CCC1. The van der Waals surface area contributed by atoms with Gasteiger partial charge in [-0.1, -0.05) is 6.42 Å². The van der Waals surface area contributed by atoms with Crippen LogP contribution >= 0.6 is 11.6 Å². The molecule has 2 saturated carbocycles. The van der Waals surface area contributed by atoms with Crippen LogP contribution in [-0.4, -0.2) is 29.9 Å². The molecule has 2 heteroatoms. The van der Waals surface area contributed by atoms with Crippen LogP contribution in [0, 0.1) is 5.92 Å². The molecule has 0 atom stereocenters. The third-order valence-corrected chi connectivity index (χ3v) is 3.32. The lowest BCUT2D eigenvalue weighted by atomic mass is 9.91. The van der Waals surface area contributed by atoms with Gasteiger partial charge < -0.3 is 0 Å². The molecule has 0 aromatic carbocycles. The van der Waals surface area contributed by atoms with Crippen molar-refractivity contribution in [3.05, 3.63) is 0 Å².